The van der Waals surface area contributed by atoms with Gasteiger partial charge in [0, 0.05) is 22.8 Å². The highest BCUT2D eigenvalue weighted by Gasteiger charge is 2.04. The first kappa shape index (κ1) is 11.6. The lowest BCUT2D eigenvalue weighted by Gasteiger charge is -2.13. The molecule has 16 heavy (non-hydrogen) atoms. The maximum Gasteiger partial charge on any atom is 0.0516 e. The van der Waals surface area contributed by atoms with Crippen molar-refractivity contribution in [1.29, 1.82) is 0 Å². The van der Waals surface area contributed by atoms with Gasteiger partial charge in [0.05, 0.1) is 5.02 Å². The summed E-state index contributed by atoms with van der Waals surface area (Å²) in [6, 6.07) is 12.8. The van der Waals surface area contributed by atoms with Crippen LogP contribution in [0, 0.1) is 0 Å². The third-order valence-corrected chi connectivity index (χ3v) is 3.79. The van der Waals surface area contributed by atoms with E-state index >= 15 is 0 Å². The zero-order valence-corrected chi connectivity index (χ0v) is 10.7. The standard InChI is InChI=1S/C13H14ClNS/c1-10(11-5-3-2-4-6-11)15-8-13-7-12(14)9-16-13/h2-7,9-10,15H,8H2,1H3/t10-/m0/s1. The second-order valence-electron chi connectivity index (χ2n) is 3.74. The van der Waals surface area contributed by atoms with Gasteiger partial charge >= 0.3 is 0 Å². The molecule has 1 aromatic carbocycles. The van der Waals surface area contributed by atoms with Gasteiger partial charge < -0.3 is 5.32 Å². The molecule has 84 valence electrons. The van der Waals surface area contributed by atoms with Crippen molar-refractivity contribution in [3.05, 3.63) is 57.2 Å². The van der Waals surface area contributed by atoms with Crippen molar-refractivity contribution in [1.82, 2.24) is 5.32 Å². The quantitative estimate of drug-likeness (QED) is 0.857. The molecule has 1 N–H and O–H groups in total. The molecule has 0 aliphatic carbocycles. The number of rotatable bonds is 4. The molecule has 1 atom stereocenters. The van der Waals surface area contributed by atoms with Gasteiger partial charge in [0.1, 0.15) is 0 Å². The van der Waals surface area contributed by atoms with Gasteiger partial charge in [-0.25, -0.2) is 0 Å². The highest BCUT2D eigenvalue weighted by molar-refractivity contribution is 7.10. The smallest absolute Gasteiger partial charge is 0.0516 e. The van der Waals surface area contributed by atoms with Gasteiger partial charge in [-0.05, 0) is 18.6 Å². The van der Waals surface area contributed by atoms with E-state index in [0.717, 1.165) is 11.6 Å². The Labute approximate surface area is 105 Å². The van der Waals surface area contributed by atoms with Gasteiger partial charge in [-0.3, -0.25) is 0 Å². The monoisotopic (exact) mass is 251 g/mol. The predicted octanol–water partition coefficient (Wildman–Crippen LogP) is 4.25. The molecule has 0 fully saturated rings. The zero-order chi connectivity index (χ0) is 11.4. The molecule has 0 saturated carbocycles. The lowest BCUT2D eigenvalue weighted by Crippen LogP contribution is -2.17. The summed E-state index contributed by atoms with van der Waals surface area (Å²) >= 11 is 7.57. The van der Waals surface area contributed by atoms with Crippen LogP contribution in [0.2, 0.25) is 5.02 Å². The summed E-state index contributed by atoms with van der Waals surface area (Å²) in [5, 5.41) is 6.27. The van der Waals surface area contributed by atoms with Crippen LogP contribution >= 0.6 is 22.9 Å². The lowest BCUT2D eigenvalue weighted by atomic mass is 10.1. The van der Waals surface area contributed by atoms with Gasteiger partial charge in [-0.1, -0.05) is 41.9 Å². The molecule has 0 aliphatic rings. The van der Waals surface area contributed by atoms with Crippen LogP contribution < -0.4 is 5.32 Å². The van der Waals surface area contributed by atoms with Crippen molar-refractivity contribution in [2.45, 2.75) is 19.5 Å². The molecule has 0 saturated heterocycles. The van der Waals surface area contributed by atoms with E-state index in [1.54, 1.807) is 11.3 Å². The Kier molecular flexibility index (Phi) is 3.99. The van der Waals surface area contributed by atoms with Gasteiger partial charge in [-0.15, -0.1) is 11.3 Å². The van der Waals surface area contributed by atoms with E-state index < -0.39 is 0 Å². The average molecular weight is 252 g/mol. The fraction of sp³-hybridized carbons (Fsp3) is 0.231. The van der Waals surface area contributed by atoms with Crippen molar-refractivity contribution < 1.29 is 0 Å². The lowest BCUT2D eigenvalue weighted by molar-refractivity contribution is 0.579. The van der Waals surface area contributed by atoms with Crippen LogP contribution in [-0.4, -0.2) is 0 Å². The molecule has 2 rings (SSSR count). The van der Waals surface area contributed by atoms with Gasteiger partial charge in [0.2, 0.25) is 0 Å². The summed E-state index contributed by atoms with van der Waals surface area (Å²) in [7, 11) is 0. The fourth-order valence-corrected chi connectivity index (χ4v) is 2.58. The fourth-order valence-electron chi connectivity index (χ4n) is 1.56. The van der Waals surface area contributed by atoms with Gasteiger partial charge in [-0.2, -0.15) is 0 Å². The number of hydrogen-bond donors (Lipinski definition) is 1. The molecule has 0 radical (unpaired) electrons. The maximum absolute atomic E-state index is 5.88. The zero-order valence-electron chi connectivity index (χ0n) is 9.11. The molecule has 3 heteroatoms. The second kappa shape index (κ2) is 5.48. The number of nitrogens with one attached hydrogen (secondary N) is 1. The predicted molar refractivity (Wildman–Crippen MR) is 71.0 cm³/mol. The van der Waals surface area contributed by atoms with Crippen molar-refractivity contribution in [3.8, 4) is 0 Å². The molecule has 0 amide bonds. The SMILES string of the molecule is C[C@H](NCc1cc(Cl)cs1)c1ccccc1. The normalized spacial score (nSPS) is 12.6. The molecule has 0 unspecified atom stereocenters. The minimum Gasteiger partial charge on any atom is -0.305 e. The number of hydrogen-bond acceptors (Lipinski definition) is 2. The highest BCUT2D eigenvalue weighted by atomic mass is 35.5. The van der Waals surface area contributed by atoms with Crippen molar-refractivity contribution in [3.63, 3.8) is 0 Å². The van der Waals surface area contributed by atoms with Crippen LogP contribution in [0.1, 0.15) is 23.4 Å². The summed E-state index contributed by atoms with van der Waals surface area (Å²) in [5.74, 6) is 0. The Morgan fingerprint density at radius 3 is 2.69 bits per heavy atom. The van der Waals surface area contributed by atoms with E-state index in [1.807, 2.05) is 17.5 Å². The molecule has 0 aliphatic heterocycles. The largest absolute Gasteiger partial charge is 0.305 e. The van der Waals surface area contributed by atoms with Crippen LogP contribution in [0.25, 0.3) is 0 Å². The van der Waals surface area contributed by atoms with Crippen molar-refractivity contribution in [2.24, 2.45) is 0 Å². The van der Waals surface area contributed by atoms with Crippen LogP contribution in [0.4, 0.5) is 0 Å². The molecular formula is C13H14ClNS. The number of halogens is 1. The summed E-state index contributed by atoms with van der Waals surface area (Å²) in [5.41, 5.74) is 1.31. The Morgan fingerprint density at radius 1 is 1.31 bits per heavy atom. The molecule has 0 spiro atoms. The average Bonchev–Trinajstić information content (AvgIpc) is 2.73. The molecule has 1 heterocycles. The molecule has 2 aromatic rings. The van der Waals surface area contributed by atoms with Crippen LogP contribution in [0.5, 0.6) is 0 Å². The Balaban J connectivity index is 1.91. The first-order chi connectivity index (χ1) is 7.75. The first-order valence-electron chi connectivity index (χ1n) is 5.27. The number of thiophene rings is 1. The Hall–Kier alpha value is -0.830. The summed E-state index contributed by atoms with van der Waals surface area (Å²) in [6.45, 7) is 3.04. The molecule has 1 nitrogen and oxygen atoms in total. The van der Waals surface area contributed by atoms with Gasteiger partial charge in [0.15, 0.2) is 0 Å². The van der Waals surface area contributed by atoms with E-state index in [9.17, 15) is 0 Å². The van der Waals surface area contributed by atoms with Crippen LogP contribution in [0.15, 0.2) is 41.8 Å². The molecule has 0 bridgehead atoms. The number of benzene rings is 1. The Morgan fingerprint density at radius 2 is 2.06 bits per heavy atom. The minimum atomic E-state index is 0.363. The third kappa shape index (κ3) is 3.08. The van der Waals surface area contributed by atoms with Crippen LogP contribution in [-0.2, 0) is 6.54 Å². The minimum absolute atomic E-state index is 0.363. The summed E-state index contributed by atoms with van der Waals surface area (Å²) in [6.07, 6.45) is 0. The second-order valence-corrected chi connectivity index (χ2v) is 5.18. The first-order valence-corrected chi connectivity index (χ1v) is 6.52. The van der Waals surface area contributed by atoms with Gasteiger partial charge in [0.25, 0.3) is 0 Å². The van der Waals surface area contributed by atoms with E-state index in [4.69, 9.17) is 11.6 Å². The topological polar surface area (TPSA) is 12.0 Å². The summed E-state index contributed by atoms with van der Waals surface area (Å²) < 4.78 is 0. The van der Waals surface area contributed by atoms with E-state index in [-0.39, 0.29) is 0 Å². The van der Waals surface area contributed by atoms with E-state index in [1.165, 1.54) is 10.4 Å². The van der Waals surface area contributed by atoms with E-state index in [2.05, 4.69) is 36.5 Å². The summed E-state index contributed by atoms with van der Waals surface area (Å²) in [4.78, 5) is 1.27. The molecular weight excluding hydrogens is 238 g/mol. The highest BCUT2D eigenvalue weighted by Crippen LogP contribution is 2.20. The van der Waals surface area contributed by atoms with Crippen molar-refractivity contribution >= 4 is 22.9 Å². The molecule has 1 aromatic heterocycles. The maximum atomic E-state index is 5.88. The van der Waals surface area contributed by atoms with Crippen LogP contribution in [0.3, 0.4) is 0 Å². The third-order valence-electron chi connectivity index (χ3n) is 2.50. The van der Waals surface area contributed by atoms with Crippen molar-refractivity contribution in [2.75, 3.05) is 0 Å². The van der Waals surface area contributed by atoms with E-state index in [0.29, 0.717) is 6.04 Å². The Bertz CT molecular complexity index is 438.